The molecule has 0 unspecified atom stereocenters. The summed E-state index contributed by atoms with van der Waals surface area (Å²) in [4.78, 5) is 33.9. The van der Waals surface area contributed by atoms with Crippen molar-refractivity contribution < 1.29 is 31.9 Å². The van der Waals surface area contributed by atoms with Crippen LogP contribution in [-0.2, 0) is 16.7 Å². The van der Waals surface area contributed by atoms with Crippen molar-refractivity contribution in [1.82, 2.24) is 4.98 Å². The molecule has 198 valence electrons. The molecule has 0 bridgehead atoms. The summed E-state index contributed by atoms with van der Waals surface area (Å²) in [5, 5.41) is 0.370. The highest BCUT2D eigenvalue weighted by molar-refractivity contribution is 6.30. The maximum atomic E-state index is 15.1. The third-order valence-corrected chi connectivity index (χ3v) is 6.50. The van der Waals surface area contributed by atoms with Gasteiger partial charge in [0.25, 0.3) is 0 Å². The molecule has 2 heterocycles. The Labute approximate surface area is 221 Å². The second-order valence-electron chi connectivity index (χ2n) is 9.33. The van der Waals surface area contributed by atoms with E-state index in [1.165, 1.54) is 37.4 Å². The lowest BCUT2D eigenvalue weighted by Gasteiger charge is -2.37. The number of rotatable bonds is 7. The van der Waals surface area contributed by atoms with Crippen molar-refractivity contribution in [2.24, 2.45) is 4.99 Å². The minimum Gasteiger partial charge on any atom is -0.468 e. The fraction of sp³-hybridized carbons (Fsp3) is 0.286. The van der Waals surface area contributed by atoms with E-state index < -0.39 is 48.2 Å². The number of carbonyl (C=O) groups is 2. The fourth-order valence-electron chi connectivity index (χ4n) is 4.41. The maximum Gasteiger partial charge on any atom is 0.425 e. The van der Waals surface area contributed by atoms with E-state index in [4.69, 9.17) is 16.3 Å². The predicted octanol–water partition coefficient (Wildman–Crippen LogP) is 6.85. The van der Waals surface area contributed by atoms with Gasteiger partial charge < -0.3 is 4.74 Å². The van der Waals surface area contributed by atoms with Crippen LogP contribution in [0.5, 0.6) is 0 Å². The molecule has 0 N–H and O–H groups in total. The number of aliphatic imine (C=N–C) groups is 1. The Balaban J connectivity index is 1.67. The van der Waals surface area contributed by atoms with Gasteiger partial charge in [-0.15, -0.1) is 0 Å². The van der Waals surface area contributed by atoms with Gasteiger partial charge in [-0.05, 0) is 43.2 Å². The Morgan fingerprint density at radius 1 is 1.08 bits per heavy atom. The first-order valence-electron chi connectivity index (χ1n) is 11.7. The number of Topliss-reactive ketones (excluding diaryl/α,β-unsaturated/α-hetero) is 2. The number of benzene rings is 2. The van der Waals surface area contributed by atoms with Crippen LogP contribution in [0.15, 0.2) is 65.8 Å². The molecule has 2 aromatic carbocycles. The van der Waals surface area contributed by atoms with Gasteiger partial charge >= 0.3 is 6.18 Å². The number of carbonyl (C=O) groups excluding carboxylic acids is 2. The summed E-state index contributed by atoms with van der Waals surface area (Å²) in [6, 6.07) is 13.4. The molecule has 0 amide bonds. The topological polar surface area (TPSA) is 68.6 Å². The lowest BCUT2D eigenvalue weighted by Crippen LogP contribution is -2.44. The highest BCUT2D eigenvalue weighted by Crippen LogP contribution is 2.42. The zero-order valence-corrected chi connectivity index (χ0v) is 21.2. The molecular formula is C28H23ClF4N2O3. The normalized spacial score (nSPS) is 19.4. The second-order valence-corrected chi connectivity index (χ2v) is 9.77. The van der Waals surface area contributed by atoms with Crippen molar-refractivity contribution in [3.05, 3.63) is 99.6 Å². The molecule has 0 saturated heterocycles. The summed E-state index contributed by atoms with van der Waals surface area (Å²) in [7, 11) is 0. The molecule has 4 rings (SSSR count). The van der Waals surface area contributed by atoms with E-state index >= 15 is 4.39 Å². The summed E-state index contributed by atoms with van der Waals surface area (Å²) < 4.78 is 61.6. The van der Waals surface area contributed by atoms with Gasteiger partial charge in [0, 0.05) is 30.2 Å². The third-order valence-electron chi connectivity index (χ3n) is 6.29. The molecule has 0 saturated carbocycles. The zero-order valence-electron chi connectivity index (χ0n) is 20.5. The Morgan fingerprint density at radius 3 is 2.45 bits per heavy atom. The average molecular weight is 547 g/mol. The molecule has 0 radical (unpaired) electrons. The van der Waals surface area contributed by atoms with E-state index in [2.05, 4.69) is 9.98 Å². The number of nitrogens with zero attached hydrogens (tertiary/aromatic N) is 2. The average Bonchev–Trinajstić information content (AvgIpc) is 2.84. The van der Waals surface area contributed by atoms with Gasteiger partial charge in [0.1, 0.15) is 11.5 Å². The molecule has 5 nitrogen and oxygen atoms in total. The summed E-state index contributed by atoms with van der Waals surface area (Å²) in [6.45, 7) is 3.03. The van der Waals surface area contributed by atoms with Crippen LogP contribution in [0.2, 0.25) is 5.02 Å². The van der Waals surface area contributed by atoms with Crippen molar-refractivity contribution in [3.63, 3.8) is 0 Å². The second kappa shape index (κ2) is 10.6. The first-order chi connectivity index (χ1) is 17.9. The van der Waals surface area contributed by atoms with Gasteiger partial charge in [-0.25, -0.2) is 9.38 Å². The Hall–Kier alpha value is -3.59. The Kier molecular flexibility index (Phi) is 7.69. The maximum absolute atomic E-state index is 15.1. The molecule has 1 aliphatic heterocycles. The predicted molar refractivity (Wildman–Crippen MR) is 134 cm³/mol. The van der Waals surface area contributed by atoms with Crippen LogP contribution in [0, 0.1) is 12.7 Å². The number of hydrogen-bond donors (Lipinski definition) is 0. The van der Waals surface area contributed by atoms with Crippen molar-refractivity contribution in [2.45, 2.75) is 50.9 Å². The van der Waals surface area contributed by atoms with Crippen LogP contribution < -0.4 is 0 Å². The van der Waals surface area contributed by atoms with E-state index in [9.17, 15) is 22.8 Å². The number of ketones is 2. The quantitative estimate of drug-likeness (QED) is 0.240. The van der Waals surface area contributed by atoms with E-state index in [1.807, 2.05) is 0 Å². The van der Waals surface area contributed by atoms with Crippen LogP contribution >= 0.6 is 11.6 Å². The standard InChI is InChI=1S/C28H23ClF4N2O3/c1-16-10-19(29)15-34-26(16)23(37)12-17-8-9-21(30)20(11-17)27(2)14-24(28(31,32)33)38-25(35-27)13-22(36)18-6-4-3-5-7-18/h3-11,15,24H,12-14H2,1-2H3/t24-,27-/m0/s1. The first kappa shape index (κ1) is 27.4. The molecule has 0 fully saturated rings. The first-order valence-corrected chi connectivity index (χ1v) is 12.1. The van der Waals surface area contributed by atoms with E-state index in [-0.39, 0.29) is 29.0 Å². The SMILES string of the molecule is Cc1cc(Cl)cnc1C(=O)Cc1ccc(F)c([C@]2(C)C[C@@H](C(F)(F)F)OC(CC(=O)c3ccccc3)=N2)c1. The van der Waals surface area contributed by atoms with E-state index in [0.29, 0.717) is 16.1 Å². The van der Waals surface area contributed by atoms with Crippen LogP contribution in [0.3, 0.4) is 0 Å². The van der Waals surface area contributed by atoms with E-state index in [0.717, 1.165) is 6.07 Å². The van der Waals surface area contributed by atoms with Gasteiger partial charge in [-0.1, -0.05) is 48.0 Å². The fourth-order valence-corrected chi connectivity index (χ4v) is 4.62. The number of ether oxygens (including phenoxy) is 1. The van der Waals surface area contributed by atoms with Gasteiger partial charge in [0.05, 0.1) is 17.0 Å². The summed E-state index contributed by atoms with van der Waals surface area (Å²) in [6.07, 6.45) is -7.12. The number of aromatic nitrogens is 1. The largest absolute Gasteiger partial charge is 0.468 e. The molecule has 0 spiro atoms. The molecular weight excluding hydrogens is 524 g/mol. The smallest absolute Gasteiger partial charge is 0.425 e. The molecule has 1 aromatic heterocycles. The van der Waals surface area contributed by atoms with Gasteiger partial charge in [-0.3, -0.25) is 14.6 Å². The number of pyridine rings is 1. The highest BCUT2D eigenvalue weighted by atomic mass is 35.5. The Morgan fingerprint density at radius 2 is 1.79 bits per heavy atom. The zero-order chi connectivity index (χ0) is 27.7. The molecule has 3 aromatic rings. The van der Waals surface area contributed by atoms with Crippen molar-refractivity contribution in [2.75, 3.05) is 0 Å². The molecule has 2 atom stereocenters. The van der Waals surface area contributed by atoms with Gasteiger partial charge in [0.15, 0.2) is 23.6 Å². The summed E-state index contributed by atoms with van der Waals surface area (Å²) in [5.74, 6) is -2.07. The van der Waals surface area contributed by atoms with Crippen LogP contribution in [0.4, 0.5) is 17.6 Å². The summed E-state index contributed by atoms with van der Waals surface area (Å²) >= 11 is 5.90. The van der Waals surface area contributed by atoms with Gasteiger partial charge in [-0.2, -0.15) is 13.2 Å². The van der Waals surface area contributed by atoms with Crippen molar-refractivity contribution in [3.8, 4) is 0 Å². The molecule has 0 aliphatic carbocycles. The van der Waals surface area contributed by atoms with Gasteiger partial charge in [0.2, 0.25) is 0 Å². The lowest BCUT2D eigenvalue weighted by molar-refractivity contribution is -0.208. The number of hydrogen-bond acceptors (Lipinski definition) is 5. The van der Waals surface area contributed by atoms with Crippen LogP contribution in [0.25, 0.3) is 0 Å². The minimum absolute atomic E-state index is 0.134. The third kappa shape index (κ3) is 6.10. The molecule has 10 heteroatoms. The molecule has 1 aliphatic rings. The number of aryl methyl sites for hydroxylation is 1. The minimum atomic E-state index is -4.78. The Bertz CT molecular complexity index is 1410. The lowest BCUT2D eigenvalue weighted by atomic mass is 9.84. The summed E-state index contributed by atoms with van der Waals surface area (Å²) in [5.41, 5.74) is -0.433. The van der Waals surface area contributed by atoms with Crippen molar-refractivity contribution >= 4 is 29.1 Å². The molecule has 38 heavy (non-hydrogen) atoms. The van der Waals surface area contributed by atoms with Crippen molar-refractivity contribution in [1.29, 1.82) is 0 Å². The van der Waals surface area contributed by atoms with Crippen LogP contribution in [-0.4, -0.2) is 34.7 Å². The number of alkyl halides is 3. The van der Waals surface area contributed by atoms with Crippen LogP contribution in [0.1, 0.15) is 57.3 Å². The highest BCUT2D eigenvalue weighted by Gasteiger charge is 2.50. The number of halogens is 5. The monoisotopic (exact) mass is 546 g/mol. The van der Waals surface area contributed by atoms with E-state index in [1.54, 1.807) is 31.2 Å².